The van der Waals surface area contributed by atoms with E-state index in [1.165, 1.54) is 20.4 Å². The van der Waals surface area contributed by atoms with E-state index in [4.69, 9.17) is 21.1 Å². The van der Waals surface area contributed by atoms with Gasteiger partial charge in [-0.2, -0.15) is 4.98 Å². The van der Waals surface area contributed by atoms with E-state index < -0.39 is 12.2 Å². The molecule has 0 radical (unpaired) electrons. The maximum absolute atomic E-state index is 9.89. The maximum atomic E-state index is 9.89. The molecule has 0 bridgehead atoms. The molecule has 0 aromatic carbocycles. The van der Waals surface area contributed by atoms with Crippen LogP contribution in [0.4, 0.5) is 0 Å². The molecule has 0 fully saturated rings. The van der Waals surface area contributed by atoms with E-state index in [2.05, 4.69) is 9.97 Å². The van der Waals surface area contributed by atoms with Gasteiger partial charge in [0.2, 0.25) is 5.88 Å². The number of aliphatic hydroxyl groups is 2. The summed E-state index contributed by atoms with van der Waals surface area (Å²) < 4.78 is 9.83. The van der Waals surface area contributed by atoms with E-state index in [1.54, 1.807) is 0 Å². The van der Waals surface area contributed by atoms with Crippen LogP contribution < -0.4 is 9.47 Å². The highest BCUT2D eigenvalue weighted by Crippen LogP contribution is 2.27. The van der Waals surface area contributed by atoms with Crippen LogP contribution in [0.15, 0.2) is 6.20 Å². The lowest BCUT2D eigenvalue weighted by molar-refractivity contribution is 0.0149. The van der Waals surface area contributed by atoms with E-state index in [1.807, 2.05) is 0 Å². The van der Waals surface area contributed by atoms with E-state index >= 15 is 0 Å². The zero-order valence-electron chi connectivity index (χ0n) is 9.63. The van der Waals surface area contributed by atoms with Gasteiger partial charge in [0.1, 0.15) is 6.10 Å². The van der Waals surface area contributed by atoms with Gasteiger partial charge in [-0.3, -0.25) is 0 Å². The van der Waals surface area contributed by atoms with Crippen molar-refractivity contribution in [3.05, 3.63) is 11.8 Å². The summed E-state index contributed by atoms with van der Waals surface area (Å²) in [6.07, 6.45) is -0.516. The second-order valence-corrected chi connectivity index (χ2v) is 3.69. The molecule has 6 nitrogen and oxygen atoms in total. The van der Waals surface area contributed by atoms with Crippen molar-refractivity contribution < 1.29 is 19.7 Å². The number of nitrogens with zero attached hydrogens (tertiary/aromatic N) is 2. The Bertz CT molecular complexity index is 364. The Morgan fingerprint density at radius 3 is 2.59 bits per heavy atom. The first-order valence-corrected chi connectivity index (χ1v) is 5.54. The van der Waals surface area contributed by atoms with Crippen molar-refractivity contribution >= 4 is 11.6 Å². The van der Waals surface area contributed by atoms with Crippen molar-refractivity contribution in [1.82, 2.24) is 9.97 Å². The van der Waals surface area contributed by atoms with Gasteiger partial charge in [-0.05, 0) is 6.42 Å². The van der Waals surface area contributed by atoms with Gasteiger partial charge in [0.15, 0.2) is 0 Å². The van der Waals surface area contributed by atoms with E-state index in [9.17, 15) is 10.2 Å². The Morgan fingerprint density at radius 1 is 1.35 bits per heavy atom. The lowest BCUT2D eigenvalue weighted by Crippen LogP contribution is -2.20. The number of aromatic nitrogens is 2. The summed E-state index contributed by atoms with van der Waals surface area (Å²) in [7, 11) is 2.83. The van der Waals surface area contributed by atoms with Gasteiger partial charge in [0, 0.05) is 12.1 Å². The number of hydrogen-bond donors (Lipinski definition) is 2. The Morgan fingerprint density at radius 2 is 2.06 bits per heavy atom. The minimum absolute atomic E-state index is 0.129. The largest absolute Gasteiger partial charge is 0.481 e. The van der Waals surface area contributed by atoms with Gasteiger partial charge in [0.25, 0.3) is 0 Å². The van der Waals surface area contributed by atoms with Crippen LogP contribution >= 0.6 is 11.6 Å². The fourth-order valence-electron chi connectivity index (χ4n) is 1.30. The van der Waals surface area contributed by atoms with Crippen LogP contribution in [0.3, 0.4) is 0 Å². The first-order valence-electron chi connectivity index (χ1n) is 5.01. The number of hydrogen-bond acceptors (Lipinski definition) is 6. The topological polar surface area (TPSA) is 84.7 Å². The van der Waals surface area contributed by atoms with Gasteiger partial charge >= 0.3 is 6.01 Å². The maximum Gasteiger partial charge on any atom is 0.319 e. The SMILES string of the molecule is COc1ncc(C(O)C(O)CCCl)c(OC)n1. The molecule has 0 aliphatic heterocycles. The van der Waals surface area contributed by atoms with Crippen LogP contribution in [-0.4, -0.2) is 46.4 Å². The van der Waals surface area contributed by atoms with Gasteiger partial charge in [-0.25, -0.2) is 4.98 Å². The average Bonchev–Trinajstić information content (AvgIpc) is 2.37. The number of alkyl halides is 1. The average molecular weight is 263 g/mol. The third kappa shape index (κ3) is 3.42. The van der Waals surface area contributed by atoms with Crippen molar-refractivity contribution in [2.45, 2.75) is 18.6 Å². The lowest BCUT2D eigenvalue weighted by Gasteiger charge is -2.18. The van der Waals surface area contributed by atoms with Crippen molar-refractivity contribution in [3.63, 3.8) is 0 Å². The molecule has 0 amide bonds. The zero-order valence-corrected chi connectivity index (χ0v) is 10.4. The Hall–Kier alpha value is -1.11. The molecular weight excluding hydrogens is 248 g/mol. The van der Waals surface area contributed by atoms with Crippen LogP contribution in [0.2, 0.25) is 0 Å². The zero-order chi connectivity index (χ0) is 12.8. The molecule has 0 saturated heterocycles. The Labute approximate surface area is 104 Å². The monoisotopic (exact) mass is 262 g/mol. The smallest absolute Gasteiger partial charge is 0.319 e. The number of halogens is 1. The molecule has 0 spiro atoms. The summed E-state index contributed by atoms with van der Waals surface area (Å²) in [5, 5.41) is 19.5. The number of ether oxygens (including phenoxy) is 2. The van der Waals surface area contributed by atoms with Crippen LogP contribution in [0, 0.1) is 0 Å². The van der Waals surface area contributed by atoms with Crippen molar-refractivity contribution in [2.75, 3.05) is 20.1 Å². The Balaban J connectivity index is 2.96. The molecule has 2 unspecified atom stereocenters. The van der Waals surface area contributed by atoms with E-state index in [0.29, 0.717) is 5.56 Å². The summed E-state index contributed by atoms with van der Waals surface area (Å²) in [5.74, 6) is 0.412. The molecule has 7 heteroatoms. The number of rotatable bonds is 6. The second kappa shape index (κ2) is 6.58. The Kier molecular flexibility index (Phi) is 5.40. The van der Waals surface area contributed by atoms with Gasteiger partial charge < -0.3 is 19.7 Å². The molecule has 2 N–H and O–H groups in total. The van der Waals surface area contributed by atoms with Crippen molar-refractivity contribution in [1.29, 1.82) is 0 Å². The van der Waals surface area contributed by atoms with Crippen LogP contribution in [0.25, 0.3) is 0 Å². The third-order valence-electron chi connectivity index (χ3n) is 2.22. The second-order valence-electron chi connectivity index (χ2n) is 3.31. The number of aliphatic hydroxyl groups excluding tert-OH is 2. The first-order chi connectivity index (χ1) is 8.13. The summed E-state index contributed by atoms with van der Waals surface area (Å²) in [5.41, 5.74) is 0.297. The summed E-state index contributed by atoms with van der Waals surface area (Å²) in [6, 6.07) is 0.129. The minimum atomic E-state index is -1.14. The van der Waals surface area contributed by atoms with E-state index in [-0.39, 0.29) is 24.2 Å². The van der Waals surface area contributed by atoms with Crippen LogP contribution in [0.5, 0.6) is 11.9 Å². The summed E-state index contributed by atoms with van der Waals surface area (Å²) in [4.78, 5) is 7.77. The highest BCUT2D eigenvalue weighted by Gasteiger charge is 2.23. The molecule has 1 aromatic rings. The standard InChI is InChI=1S/C10H15ClN2O4/c1-16-9-6(5-12-10(13-9)17-2)8(15)7(14)3-4-11/h5,7-8,14-15H,3-4H2,1-2H3. The molecule has 17 heavy (non-hydrogen) atoms. The minimum Gasteiger partial charge on any atom is -0.481 e. The first kappa shape index (κ1) is 14.0. The molecule has 1 heterocycles. The van der Waals surface area contributed by atoms with Gasteiger partial charge in [0.05, 0.1) is 25.9 Å². The highest BCUT2D eigenvalue weighted by atomic mass is 35.5. The normalized spacial score (nSPS) is 14.2. The fraction of sp³-hybridized carbons (Fsp3) is 0.600. The summed E-state index contributed by atoms with van der Waals surface area (Å²) >= 11 is 5.50. The van der Waals surface area contributed by atoms with E-state index in [0.717, 1.165) is 0 Å². The molecule has 96 valence electrons. The summed E-state index contributed by atoms with van der Waals surface area (Å²) in [6.45, 7) is 0. The quantitative estimate of drug-likeness (QED) is 0.727. The molecule has 0 aliphatic rings. The number of methoxy groups -OCH3 is 2. The molecule has 0 saturated carbocycles. The van der Waals surface area contributed by atoms with Crippen molar-refractivity contribution in [3.8, 4) is 11.9 Å². The predicted molar refractivity (Wildman–Crippen MR) is 61.4 cm³/mol. The molecule has 2 atom stereocenters. The molecule has 1 aromatic heterocycles. The molecular formula is C10H15ClN2O4. The lowest BCUT2D eigenvalue weighted by atomic mass is 10.1. The fourth-order valence-corrected chi connectivity index (χ4v) is 1.53. The molecule has 0 aliphatic carbocycles. The van der Waals surface area contributed by atoms with Crippen LogP contribution in [-0.2, 0) is 0 Å². The van der Waals surface area contributed by atoms with Crippen molar-refractivity contribution in [2.24, 2.45) is 0 Å². The van der Waals surface area contributed by atoms with Gasteiger partial charge in [-0.15, -0.1) is 11.6 Å². The van der Waals surface area contributed by atoms with Crippen LogP contribution in [0.1, 0.15) is 18.1 Å². The molecule has 1 rings (SSSR count). The highest BCUT2D eigenvalue weighted by molar-refractivity contribution is 6.17. The predicted octanol–water partition coefficient (Wildman–Crippen LogP) is 0.517. The third-order valence-corrected chi connectivity index (χ3v) is 2.44. The van der Waals surface area contributed by atoms with Gasteiger partial charge in [-0.1, -0.05) is 0 Å².